The first kappa shape index (κ1) is 21.0. The molecule has 0 aliphatic rings. The maximum absolute atomic E-state index is 12.5. The van der Waals surface area contributed by atoms with E-state index in [1.54, 1.807) is 55.6 Å². The van der Waals surface area contributed by atoms with Gasteiger partial charge in [-0.05, 0) is 54.1 Å². The summed E-state index contributed by atoms with van der Waals surface area (Å²) < 4.78 is 23.4. The molecule has 0 unspecified atom stereocenters. The highest BCUT2D eigenvalue weighted by molar-refractivity contribution is 6.02. The number of rotatable bonds is 9. The van der Waals surface area contributed by atoms with Crippen molar-refractivity contribution >= 4 is 11.6 Å². The summed E-state index contributed by atoms with van der Waals surface area (Å²) in [6.45, 7) is 0.763. The Kier molecular flexibility index (Phi) is 6.41. The van der Waals surface area contributed by atoms with Crippen LogP contribution in [0.3, 0.4) is 0 Å². The normalized spacial score (nSPS) is 10.6. The van der Waals surface area contributed by atoms with E-state index in [0.29, 0.717) is 23.7 Å². The average Bonchev–Trinajstić information content (AvgIpc) is 3.48. The number of furan rings is 1. The molecule has 2 aromatic heterocycles. The van der Waals surface area contributed by atoms with Crippen molar-refractivity contribution in [3.63, 3.8) is 0 Å². The summed E-state index contributed by atoms with van der Waals surface area (Å²) in [5, 5.41) is 7.09. The molecule has 0 bridgehead atoms. The van der Waals surface area contributed by atoms with Gasteiger partial charge in [0.1, 0.15) is 29.6 Å². The van der Waals surface area contributed by atoms with Gasteiger partial charge in [-0.3, -0.25) is 9.48 Å². The number of benzene rings is 2. The fraction of sp³-hybridized carbons (Fsp3) is 0.167. The molecular weight excluding hydrogens is 410 g/mol. The number of nitrogens with zero attached hydrogens (tertiary/aromatic N) is 2. The third kappa shape index (κ3) is 5.28. The van der Waals surface area contributed by atoms with E-state index >= 15 is 0 Å². The number of ether oxygens (including phenoxy) is 3. The minimum Gasteiger partial charge on any atom is -0.497 e. The Bertz CT molecular complexity index is 1180. The summed E-state index contributed by atoms with van der Waals surface area (Å²) in [5.41, 5.74) is 1.61. The van der Waals surface area contributed by atoms with Gasteiger partial charge >= 0.3 is 0 Å². The quantitative estimate of drug-likeness (QED) is 0.422. The number of hydrogen-bond donors (Lipinski definition) is 1. The van der Waals surface area contributed by atoms with Crippen molar-refractivity contribution in [2.45, 2.75) is 13.2 Å². The lowest BCUT2D eigenvalue weighted by Crippen LogP contribution is -2.10. The van der Waals surface area contributed by atoms with E-state index < -0.39 is 0 Å². The molecule has 32 heavy (non-hydrogen) atoms. The van der Waals surface area contributed by atoms with Crippen LogP contribution in [-0.4, -0.2) is 29.9 Å². The molecule has 4 rings (SSSR count). The van der Waals surface area contributed by atoms with E-state index in [2.05, 4.69) is 10.4 Å². The van der Waals surface area contributed by atoms with Gasteiger partial charge in [0.05, 0.1) is 32.6 Å². The van der Waals surface area contributed by atoms with E-state index in [1.165, 1.54) is 0 Å². The lowest BCUT2D eigenvalue weighted by molar-refractivity contribution is 0.0992. The summed E-state index contributed by atoms with van der Waals surface area (Å²) in [6.07, 6.45) is 3.35. The van der Waals surface area contributed by atoms with Crippen molar-refractivity contribution in [3.8, 4) is 17.2 Å². The summed E-state index contributed by atoms with van der Waals surface area (Å²) in [5.74, 6) is 2.59. The van der Waals surface area contributed by atoms with Crippen molar-refractivity contribution in [1.29, 1.82) is 0 Å². The van der Waals surface area contributed by atoms with Crippen LogP contribution in [0.25, 0.3) is 0 Å². The fourth-order valence-electron chi connectivity index (χ4n) is 3.07. The number of methoxy groups -OCH3 is 2. The minimum absolute atomic E-state index is 0.193. The molecule has 0 aliphatic heterocycles. The van der Waals surface area contributed by atoms with Crippen LogP contribution in [0.5, 0.6) is 17.2 Å². The molecule has 4 aromatic rings. The molecular formula is C24H23N3O5. The summed E-state index contributed by atoms with van der Waals surface area (Å²) in [4.78, 5) is 12.5. The Morgan fingerprint density at radius 2 is 1.78 bits per heavy atom. The first-order chi connectivity index (χ1) is 15.6. The Morgan fingerprint density at radius 3 is 2.56 bits per heavy atom. The summed E-state index contributed by atoms with van der Waals surface area (Å²) >= 11 is 0. The highest BCUT2D eigenvalue weighted by atomic mass is 16.5. The van der Waals surface area contributed by atoms with Gasteiger partial charge in [0.15, 0.2) is 5.76 Å². The van der Waals surface area contributed by atoms with Crippen LogP contribution in [-0.2, 0) is 13.2 Å². The van der Waals surface area contributed by atoms with Gasteiger partial charge in [0.25, 0.3) is 5.91 Å². The Labute approximate surface area is 185 Å². The zero-order chi connectivity index (χ0) is 22.3. The van der Waals surface area contributed by atoms with Crippen LogP contribution in [0, 0.1) is 0 Å². The molecule has 0 saturated carbocycles. The Morgan fingerprint density at radius 1 is 1.00 bits per heavy atom. The monoisotopic (exact) mass is 433 g/mol. The zero-order valence-corrected chi connectivity index (χ0v) is 17.8. The van der Waals surface area contributed by atoms with Gasteiger partial charge in [0, 0.05) is 6.20 Å². The molecule has 164 valence electrons. The first-order valence-electron chi connectivity index (χ1n) is 9.95. The topological polar surface area (TPSA) is 87.8 Å². The number of carbonyl (C=O) groups excluding carboxylic acids is 1. The van der Waals surface area contributed by atoms with Gasteiger partial charge in [-0.2, -0.15) is 5.10 Å². The van der Waals surface area contributed by atoms with E-state index in [1.807, 2.05) is 36.4 Å². The molecule has 1 amide bonds. The number of aromatic nitrogens is 2. The number of amides is 1. The molecule has 8 nitrogen and oxygen atoms in total. The highest BCUT2D eigenvalue weighted by Crippen LogP contribution is 2.19. The molecule has 2 heterocycles. The first-order valence-corrected chi connectivity index (χ1v) is 9.95. The number of carbonyl (C=O) groups is 1. The molecule has 8 heteroatoms. The van der Waals surface area contributed by atoms with Gasteiger partial charge in [-0.25, -0.2) is 0 Å². The maximum Gasteiger partial charge on any atom is 0.291 e. The third-order valence-corrected chi connectivity index (χ3v) is 4.70. The van der Waals surface area contributed by atoms with Gasteiger partial charge in [-0.15, -0.1) is 0 Å². The molecule has 2 aromatic carbocycles. The Balaban J connectivity index is 1.31. The van der Waals surface area contributed by atoms with Crippen molar-refractivity contribution in [3.05, 3.63) is 90.1 Å². The SMILES string of the molecule is COc1ccc(OCc2ccc(C(=O)Nc3cnn(Cc4cccc(OC)c4)c3)o2)cc1. The number of hydrogen-bond acceptors (Lipinski definition) is 6. The number of nitrogens with one attached hydrogen (secondary N) is 1. The molecule has 0 radical (unpaired) electrons. The van der Waals surface area contributed by atoms with Crippen LogP contribution in [0.1, 0.15) is 21.9 Å². The van der Waals surface area contributed by atoms with Gasteiger partial charge in [0.2, 0.25) is 0 Å². The van der Waals surface area contributed by atoms with E-state index in [4.69, 9.17) is 18.6 Å². The predicted molar refractivity (Wildman–Crippen MR) is 118 cm³/mol. The predicted octanol–water partition coefficient (Wildman–Crippen LogP) is 4.37. The molecule has 0 spiro atoms. The van der Waals surface area contributed by atoms with E-state index in [-0.39, 0.29) is 18.3 Å². The smallest absolute Gasteiger partial charge is 0.291 e. The van der Waals surface area contributed by atoms with Crippen LogP contribution >= 0.6 is 0 Å². The highest BCUT2D eigenvalue weighted by Gasteiger charge is 2.13. The fourth-order valence-corrected chi connectivity index (χ4v) is 3.07. The zero-order valence-electron chi connectivity index (χ0n) is 17.8. The largest absolute Gasteiger partial charge is 0.497 e. The summed E-state index contributed by atoms with van der Waals surface area (Å²) in [7, 11) is 3.24. The van der Waals surface area contributed by atoms with Gasteiger partial charge < -0.3 is 23.9 Å². The molecule has 0 fully saturated rings. The van der Waals surface area contributed by atoms with Crippen molar-refractivity contribution in [2.75, 3.05) is 19.5 Å². The van der Waals surface area contributed by atoms with Crippen molar-refractivity contribution in [1.82, 2.24) is 9.78 Å². The van der Waals surface area contributed by atoms with Crippen molar-refractivity contribution in [2.24, 2.45) is 0 Å². The van der Waals surface area contributed by atoms with Crippen LogP contribution in [0.4, 0.5) is 5.69 Å². The lowest BCUT2D eigenvalue weighted by atomic mass is 10.2. The van der Waals surface area contributed by atoms with E-state index in [0.717, 1.165) is 17.1 Å². The number of anilines is 1. The second-order valence-corrected chi connectivity index (χ2v) is 6.96. The molecule has 0 atom stereocenters. The molecule has 1 N–H and O–H groups in total. The maximum atomic E-state index is 12.5. The standard InChI is InChI=1S/C24H23N3O5/c1-29-19-6-8-20(9-7-19)31-16-22-10-11-23(32-22)24(28)26-18-13-25-27(15-18)14-17-4-3-5-21(12-17)30-2/h3-13,15H,14,16H2,1-2H3,(H,26,28). The third-order valence-electron chi connectivity index (χ3n) is 4.70. The average molecular weight is 433 g/mol. The van der Waals surface area contributed by atoms with Crippen LogP contribution in [0.2, 0.25) is 0 Å². The van der Waals surface area contributed by atoms with E-state index in [9.17, 15) is 4.79 Å². The Hall–Kier alpha value is -4.20. The van der Waals surface area contributed by atoms with Crippen LogP contribution < -0.4 is 19.5 Å². The van der Waals surface area contributed by atoms with Gasteiger partial charge in [-0.1, -0.05) is 12.1 Å². The lowest BCUT2D eigenvalue weighted by Gasteiger charge is -2.05. The second kappa shape index (κ2) is 9.74. The molecule has 0 saturated heterocycles. The summed E-state index contributed by atoms with van der Waals surface area (Å²) in [6, 6.07) is 18.3. The molecule has 0 aliphatic carbocycles. The van der Waals surface area contributed by atoms with Crippen LogP contribution in [0.15, 0.2) is 77.5 Å². The van der Waals surface area contributed by atoms with Crippen molar-refractivity contribution < 1.29 is 23.4 Å². The second-order valence-electron chi connectivity index (χ2n) is 6.96. The minimum atomic E-state index is -0.360.